The summed E-state index contributed by atoms with van der Waals surface area (Å²) >= 11 is 0. The van der Waals surface area contributed by atoms with Crippen molar-refractivity contribution in [3.05, 3.63) is 11.4 Å². The fraction of sp³-hybridized carbons (Fsp3) is 0.692. The van der Waals surface area contributed by atoms with Gasteiger partial charge in [-0.1, -0.05) is 13.8 Å². The predicted octanol–water partition coefficient (Wildman–Crippen LogP) is 2.67. The second-order valence-corrected chi connectivity index (χ2v) is 5.20. The minimum absolute atomic E-state index is 0.505. The molecule has 1 saturated carbocycles. The van der Waals surface area contributed by atoms with Gasteiger partial charge in [-0.2, -0.15) is 4.98 Å². The van der Waals surface area contributed by atoms with E-state index in [1.165, 1.54) is 12.8 Å². The van der Waals surface area contributed by atoms with Crippen molar-refractivity contribution in [2.75, 3.05) is 12.3 Å². The number of anilines is 1. The van der Waals surface area contributed by atoms with Crippen LogP contribution in [0.1, 0.15) is 50.4 Å². The maximum Gasteiger partial charge on any atom is 0.221 e. The minimum atomic E-state index is 0.505. The normalized spacial score (nSPS) is 15.3. The van der Waals surface area contributed by atoms with E-state index in [4.69, 9.17) is 10.5 Å². The summed E-state index contributed by atoms with van der Waals surface area (Å²) in [6.07, 6.45) is 3.38. The van der Waals surface area contributed by atoms with Gasteiger partial charge in [0.25, 0.3) is 0 Å². The molecule has 0 atom stereocenters. The summed E-state index contributed by atoms with van der Waals surface area (Å²) in [5.41, 5.74) is 6.75. The van der Waals surface area contributed by atoms with Crippen LogP contribution in [0.2, 0.25) is 0 Å². The van der Waals surface area contributed by atoms with Gasteiger partial charge in [0, 0.05) is 5.92 Å². The minimum Gasteiger partial charge on any atom is -0.477 e. The van der Waals surface area contributed by atoms with Gasteiger partial charge in [0.05, 0.1) is 12.2 Å². The van der Waals surface area contributed by atoms with Gasteiger partial charge in [-0.3, -0.25) is 0 Å². The smallest absolute Gasteiger partial charge is 0.221 e. The van der Waals surface area contributed by atoms with Crippen molar-refractivity contribution in [1.29, 1.82) is 0 Å². The van der Waals surface area contributed by atoms with E-state index in [0.29, 0.717) is 30.1 Å². The van der Waals surface area contributed by atoms with Gasteiger partial charge in [-0.05, 0) is 32.1 Å². The molecule has 1 aliphatic rings. The van der Waals surface area contributed by atoms with E-state index in [9.17, 15) is 0 Å². The van der Waals surface area contributed by atoms with Crippen molar-refractivity contribution >= 4 is 5.82 Å². The zero-order valence-corrected chi connectivity index (χ0v) is 10.9. The van der Waals surface area contributed by atoms with Gasteiger partial charge in [-0.25, -0.2) is 4.98 Å². The first-order valence-electron chi connectivity index (χ1n) is 6.34. The SMILES string of the molecule is Cc1c(N)nc(C2CC2)nc1OCCC(C)C. The van der Waals surface area contributed by atoms with Crippen LogP contribution in [0.3, 0.4) is 0 Å². The highest BCUT2D eigenvalue weighted by Gasteiger charge is 2.28. The van der Waals surface area contributed by atoms with Gasteiger partial charge in [0.1, 0.15) is 11.6 Å². The van der Waals surface area contributed by atoms with Crippen molar-refractivity contribution in [1.82, 2.24) is 9.97 Å². The van der Waals surface area contributed by atoms with Gasteiger partial charge in [-0.15, -0.1) is 0 Å². The third-order valence-electron chi connectivity index (χ3n) is 3.03. The standard InChI is InChI=1S/C13H21N3O/c1-8(2)6-7-17-13-9(3)11(14)15-12(16-13)10-4-5-10/h8,10H,4-7H2,1-3H3,(H2,14,15,16). The quantitative estimate of drug-likeness (QED) is 0.852. The lowest BCUT2D eigenvalue weighted by Gasteiger charge is -2.12. The number of rotatable bonds is 5. The molecule has 4 heteroatoms. The highest BCUT2D eigenvalue weighted by molar-refractivity contribution is 5.45. The number of nitrogens with zero attached hydrogens (tertiary/aromatic N) is 2. The molecule has 0 spiro atoms. The van der Waals surface area contributed by atoms with Crippen molar-refractivity contribution in [2.45, 2.75) is 46.0 Å². The average Bonchev–Trinajstić information content (AvgIpc) is 3.07. The number of ether oxygens (including phenoxy) is 1. The number of nitrogens with two attached hydrogens (primary N) is 1. The first kappa shape index (κ1) is 12.1. The lowest BCUT2D eigenvalue weighted by molar-refractivity contribution is 0.276. The molecule has 0 amide bonds. The van der Waals surface area contributed by atoms with Crippen LogP contribution in [0.15, 0.2) is 0 Å². The van der Waals surface area contributed by atoms with Crippen molar-refractivity contribution < 1.29 is 4.74 Å². The Morgan fingerprint density at radius 3 is 2.65 bits per heavy atom. The molecule has 0 unspecified atom stereocenters. The summed E-state index contributed by atoms with van der Waals surface area (Å²) in [7, 11) is 0. The fourth-order valence-electron chi connectivity index (χ4n) is 1.59. The van der Waals surface area contributed by atoms with Crippen molar-refractivity contribution in [3.63, 3.8) is 0 Å². The molecule has 1 aromatic heterocycles. The molecule has 0 aromatic carbocycles. The third kappa shape index (κ3) is 3.08. The van der Waals surface area contributed by atoms with Gasteiger partial charge in [0.2, 0.25) is 5.88 Å². The van der Waals surface area contributed by atoms with E-state index in [1.807, 2.05) is 6.92 Å². The molecule has 4 nitrogen and oxygen atoms in total. The average molecular weight is 235 g/mol. The molecule has 1 aromatic rings. The van der Waals surface area contributed by atoms with Crippen molar-refractivity contribution in [3.8, 4) is 5.88 Å². The van der Waals surface area contributed by atoms with Crippen LogP contribution in [0.4, 0.5) is 5.82 Å². The number of hydrogen-bond acceptors (Lipinski definition) is 4. The summed E-state index contributed by atoms with van der Waals surface area (Å²) in [6, 6.07) is 0. The van der Waals surface area contributed by atoms with Crippen LogP contribution < -0.4 is 10.5 Å². The lowest BCUT2D eigenvalue weighted by Crippen LogP contribution is -2.08. The number of aromatic nitrogens is 2. The van der Waals surface area contributed by atoms with E-state index < -0.39 is 0 Å². The molecule has 2 N–H and O–H groups in total. The Labute approximate surface area is 103 Å². The zero-order valence-electron chi connectivity index (χ0n) is 10.9. The molecule has 0 bridgehead atoms. The zero-order chi connectivity index (χ0) is 12.4. The maximum absolute atomic E-state index is 5.89. The summed E-state index contributed by atoms with van der Waals surface area (Å²) < 4.78 is 5.72. The van der Waals surface area contributed by atoms with Gasteiger partial charge < -0.3 is 10.5 Å². The molecule has 2 rings (SSSR count). The Kier molecular flexibility index (Phi) is 3.50. The van der Waals surface area contributed by atoms with E-state index in [1.54, 1.807) is 0 Å². The fourth-order valence-corrected chi connectivity index (χ4v) is 1.59. The molecular formula is C13H21N3O. The predicted molar refractivity (Wildman–Crippen MR) is 68.1 cm³/mol. The molecule has 1 aliphatic carbocycles. The van der Waals surface area contributed by atoms with E-state index in [-0.39, 0.29) is 0 Å². The Balaban J connectivity index is 2.08. The summed E-state index contributed by atoms with van der Waals surface area (Å²) in [6.45, 7) is 6.97. The lowest BCUT2D eigenvalue weighted by atomic mass is 10.1. The van der Waals surface area contributed by atoms with Gasteiger partial charge in [0.15, 0.2) is 0 Å². The highest BCUT2D eigenvalue weighted by atomic mass is 16.5. The highest BCUT2D eigenvalue weighted by Crippen LogP contribution is 2.39. The van der Waals surface area contributed by atoms with E-state index in [0.717, 1.165) is 17.8 Å². The molecular weight excluding hydrogens is 214 g/mol. The van der Waals surface area contributed by atoms with Crippen LogP contribution >= 0.6 is 0 Å². The summed E-state index contributed by atoms with van der Waals surface area (Å²) in [4.78, 5) is 8.80. The largest absolute Gasteiger partial charge is 0.477 e. The Bertz CT molecular complexity index is 400. The molecule has 1 heterocycles. The maximum atomic E-state index is 5.89. The van der Waals surface area contributed by atoms with Crippen LogP contribution in [-0.2, 0) is 0 Å². The number of nitrogen functional groups attached to an aromatic ring is 1. The topological polar surface area (TPSA) is 61.0 Å². The first-order chi connectivity index (χ1) is 8.08. The van der Waals surface area contributed by atoms with Crippen LogP contribution in [0.5, 0.6) is 5.88 Å². The van der Waals surface area contributed by atoms with Crippen molar-refractivity contribution in [2.24, 2.45) is 5.92 Å². The Morgan fingerprint density at radius 1 is 1.35 bits per heavy atom. The first-order valence-corrected chi connectivity index (χ1v) is 6.34. The summed E-state index contributed by atoms with van der Waals surface area (Å²) in [5.74, 6) is 3.22. The Hall–Kier alpha value is -1.32. The monoisotopic (exact) mass is 235 g/mol. The Morgan fingerprint density at radius 2 is 2.06 bits per heavy atom. The third-order valence-corrected chi connectivity index (χ3v) is 3.03. The molecule has 0 saturated heterocycles. The van der Waals surface area contributed by atoms with Crippen LogP contribution in [0, 0.1) is 12.8 Å². The van der Waals surface area contributed by atoms with Gasteiger partial charge >= 0.3 is 0 Å². The van der Waals surface area contributed by atoms with E-state index >= 15 is 0 Å². The summed E-state index contributed by atoms with van der Waals surface area (Å²) in [5, 5.41) is 0. The molecule has 94 valence electrons. The van der Waals surface area contributed by atoms with Crippen LogP contribution in [-0.4, -0.2) is 16.6 Å². The second-order valence-electron chi connectivity index (χ2n) is 5.20. The molecule has 0 radical (unpaired) electrons. The van der Waals surface area contributed by atoms with Crippen LogP contribution in [0.25, 0.3) is 0 Å². The second kappa shape index (κ2) is 4.90. The molecule has 0 aliphatic heterocycles. The molecule has 1 fully saturated rings. The van der Waals surface area contributed by atoms with E-state index in [2.05, 4.69) is 23.8 Å². The molecule has 17 heavy (non-hydrogen) atoms. The number of hydrogen-bond donors (Lipinski definition) is 1.